The smallest absolute Gasteiger partial charge is 0.248 e. The summed E-state index contributed by atoms with van der Waals surface area (Å²) in [6, 6.07) is 8.04. The van der Waals surface area contributed by atoms with Crippen LogP contribution in [0, 0.1) is 0 Å². The van der Waals surface area contributed by atoms with Gasteiger partial charge in [0, 0.05) is 17.3 Å². The first kappa shape index (κ1) is 11.8. The number of aldehydes is 1. The summed E-state index contributed by atoms with van der Waals surface area (Å²) in [6.07, 6.45) is 1.92. The van der Waals surface area contributed by atoms with Crippen molar-refractivity contribution in [3.63, 3.8) is 0 Å². The second-order valence-corrected chi connectivity index (χ2v) is 3.69. The highest BCUT2D eigenvalue weighted by molar-refractivity contribution is 5.94. The van der Waals surface area contributed by atoms with E-state index < -0.39 is 5.91 Å². The minimum Gasteiger partial charge on any atom is -0.506 e. The van der Waals surface area contributed by atoms with E-state index in [1.165, 1.54) is 12.3 Å². The van der Waals surface area contributed by atoms with Gasteiger partial charge in [0.1, 0.15) is 11.4 Å². The quantitative estimate of drug-likeness (QED) is 0.795. The Labute approximate surface area is 103 Å². The summed E-state index contributed by atoms with van der Waals surface area (Å²) in [4.78, 5) is 25.4. The molecule has 0 bridgehead atoms. The lowest BCUT2D eigenvalue weighted by atomic mass is 10.0. The number of aromatic hydroxyl groups is 1. The fourth-order valence-electron chi connectivity index (χ4n) is 1.56. The van der Waals surface area contributed by atoms with Crippen molar-refractivity contribution in [3.8, 4) is 16.9 Å². The molecule has 2 rings (SSSR count). The normalized spacial score (nSPS) is 10.0. The predicted molar refractivity (Wildman–Crippen MR) is 65.2 cm³/mol. The first-order valence-corrected chi connectivity index (χ1v) is 5.16. The third kappa shape index (κ3) is 2.20. The summed E-state index contributed by atoms with van der Waals surface area (Å²) in [5, 5.41) is 9.55. The average molecular weight is 242 g/mol. The van der Waals surface area contributed by atoms with E-state index in [0.29, 0.717) is 23.0 Å². The summed E-state index contributed by atoms with van der Waals surface area (Å²) in [7, 11) is 0. The van der Waals surface area contributed by atoms with Crippen LogP contribution in [0.15, 0.2) is 36.5 Å². The van der Waals surface area contributed by atoms with Crippen LogP contribution in [0.25, 0.3) is 11.1 Å². The standard InChI is InChI=1S/C13H10N2O3/c14-13(18)9-3-1-2-8(4-9)10-5-12(17)11(7-16)15-6-10/h1-7,17H,(H2,14,18). The van der Waals surface area contributed by atoms with Crippen LogP contribution in [-0.2, 0) is 0 Å². The lowest BCUT2D eigenvalue weighted by molar-refractivity contribution is 0.1000. The first-order chi connectivity index (χ1) is 8.61. The summed E-state index contributed by atoms with van der Waals surface area (Å²) < 4.78 is 0. The van der Waals surface area contributed by atoms with E-state index in [9.17, 15) is 14.7 Å². The molecule has 0 saturated carbocycles. The van der Waals surface area contributed by atoms with Crippen molar-refractivity contribution in [2.45, 2.75) is 0 Å². The number of hydrogen-bond donors (Lipinski definition) is 2. The molecule has 0 radical (unpaired) electrons. The van der Waals surface area contributed by atoms with Crippen LogP contribution in [0.5, 0.6) is 5.75 Å². The Balaban J connectivity index is 2.48. The molecule has 2 aromatic rings. The van der Waals surface area contributed by atoms with Crippen LogP contribution in [0.2, 0.25) is 0 Å². The van der Waals surface area contributed by atoms with Gasteiger partial charge in [0.05, 0.1) is 0 Å². The molecular weight excluding hydrogens is 232 g/mol. The zero-order valence-electron chi connectivity index (χ0n) is 9.33. The minimum atomic E-state index is -0.529. The average Bonchev–Trinajstić information content (AvgIpc) is 2.38. The van der Waals surface area contributed by atoms with E-state index in [1.54, 1.807) is 24.3 Å². The maximum absolute atomic E-state index is 11.1. The third-order valence-electron chi connectivity index (χ3n) is 2.49. The van der Waals surface area contributed by atoms with Crippen molar-refractivity contribution < 1.29 is 14.7 Å². The molecule has 90 valence electrons. The molecule has 1 aromatic carbocycles. The zero-order chi connectivity index (χ0) is 13.1. The number of carbonyl (C=O) groups excluding carboxylic acids is 2. The number of amides is 1. The summed E-state index contributed by atoms with van der Waals surface area (Å²) in [5.41, 5.74) is 6.81. The van der Waals surface area contributed by atoms with Crippen molar-refractivity contribution >= 4 is 12.2 Å². The maximum atomic E-state index is 11.1. The van der Waals surface area contributed by atoms with Gasteiger partial charge in [-0.3, -0.25) is 9.59 Å². The van der Waals surface area contributed by atoms with Gasteiger partial charge >= 0.3 is 0 Å². The molecule has 5 heteroatoms. The van der Waals surface area contributed by atoms with Crippen molar-refractivity contribution in [3.05, 3.63) is 47.8 Å². The molecule has 1 aromatic heterocycles. The second-order valence-electron chi connectivity index (χ2n) is 3.69. The van der Waals surface area contributed by atoms with Crippen LogP contribution in [0.4, 0.5) is 0 Å². The zero-order valence-corrected chi connectivity index (χ0v) is 9.33. The minimum absolute atomic E-state index is 0.0233. The predicted octanol–water partition coefficient (Wildman–Crippen LogP) is 1.37. The summed E-state index contributed by atoms with van der Waals surface area (Å²) in [6.45, 7) is 0. The second kappa shape index (κ2) is 4.67. The molecule has 0 fully saturated rings. The van der Waals surface area contributed by atoms with E-state index >= 15 is 0 Å². The molecule has 1 amide bonds. The molecule has 18 heavy (non-hydrogen) atoms. The van der Waals surface area contributed by atoms with E-state index in [1.807, 2.05) is 0 Å². The van der Waals surface area contributed by atoms with Gasteiger partial charge in [0.2, 0.25) is 5.91 Å². The highest BCUT2D eigenvalue weighted by atomic mass is 16.3. The molecule has 0 spiro atoms. The first-order valence-electron chi connectivity index (χ1n) is 5.16. The lowest BCUT2D eigenvalue weighted by Crippen LogP contribution is -2.10. The number of pyridine rings is 1. The van der Waals surface area contributed by atoms with Crippen LogP contribution in [0.3, 0.4) is 0 Å². The maximum Gasteiger partial charge on any atom is 0.248 e. The summed E-state index contributed by atoms with van der Waals surface area (Å²) >= 11 is 0. The largest absolute Gasteiger partial charge is 0.506 e. The van der Waals surface area contributed by atoms with E-state index in [0.717, 1.165) is 0 Å². The fraction of sp³-hybridized carbons (Fsp3) is 0. The third-order valence-corrected chi connectivity index (χ3v) is 2.49. The number of primary amides is 1. The molecule has 3 N–H and O–H groups in total. The number of nitrogens with zero attached hydrogens (tertiary/aromatic N) is 1. The Morgan fingerprint density at radius 3 is 2.67 bits per heavy atom. The van der Waals surface area contributed by atoms with E-state index in [4.69, 9.17) is 5.73 Å². The molecule has 0 aliphatic heterocycles. The van der Waals surface area contributed by atoms with Crippen molar-refractivity contribution in [1.29, 1.82) is 0 Å². The molecular formula is C13H10N2O3. The highest BCUT2D eigenvalue weighted by Gasteiger charge is 2.07. The van der Waals surface area contributed by atoms with Gasteiger partial charge in [-0.15, -0.1) is 0 Å². The summed E-state index contributed by atoms with van der Waals surface area (Å²) in [5.74, 6) is -0.731. The van der Waals surface area contributed by atoms with E-state index in [2.05, 4.69) is 4.98 Å². The van der Waals surface area contributed by atoms with Crippen LogP contribution < -0.4 is 5.73 Å². The Kier molecular flexibility index (Phi) is 3.05. The fourth-order valence-corrected chi connectivity index (χ4v) is 1.56. The van der Waals surface area contributed by atoms with Gasteiger partial charge in [-0.1, -0.05) is 12.1 Å². The van der Waals surface area contributed by atoms with E-state index in [-0.39, 0.29) is 11.4 Å². The Morgan fingerprint density at radius 2 is 2.06 bits per heavy atom. The van der Waals surface area contributed by atoms with Gasteiger partial charge in [-0.25, -0.2) is 4.98 Å². The van der Waals surface area contributed by atoms with Gasteiger partial charge in [-0.2, -0.15) is 0 Å². The van der Waals surface area contributed by atoms with Crippen LogP contribution in [0.1, 0.15) is 20.8 Å². The van der Waals surface area contributed by atoms with Crippen LogP contribution in [-0.4, -0.2) is 22.3 Å². The van der Waals surface area contributed by atoms with Crippen LogP contribution >= 0.6 is 0 Å². The van der Waals surface area contributed by atoms with Gasteiger partial charge in [-0.05, 0) is 23.8 Å². The van der Waals surface area contributed by atoms with Crippen molar-refractivity contribution in [2.75, 3.05) is 0 Å². The van der Waals surface area contributed by atoms with Gasteiger partial charge < -0.3 is 10.8 Å². The van der Waals surface area contributed by atoms with Crippen molar-refractivity contribution in [2.24, 2.45) is 5.73 Å². The molecule has 5 nitrogen and oxygen atoms in total. The Hall–Kier alpha value is -2.69. The monoisotopic (exact) mass is 242 g/mol. The number of benzene rings is 1. The SMILES string of the molecule is NC(=O)c1cccc(-c2cnc(C=O)c(O)c2)c1. The molecule has 0 saturated heterocycles. The Bertz CT molecular complexity index is 623. The molecule has 0 aliphatic carbocycles. The number of hydrogen-bond acceptors (Lipinski definition) is 4. The molecule has 0 unspecified atom stereocenters. The lowest BCUT2D eigenvalue weighted by Gasteiger charge is -2.04. The topological polar surface area (TPSA) is 93.3 Å². The van der Waals surface area contributed by atoms with Gasteiger partial charge in [0.15, 0.2) is 6.29 Å². The molecule has 1 heterocycles. The number of carbonyl (C=O) groups is 2. The molecule has 0 aliphatic rings. The van der Waals surface area contributed by atoms with Crippen molar-refractivity contribution in [1.82, 2.24) is 4.98 Å². The Morgan fingerprint density at radius 1 is 1.28 bits per heavy atom. The number of nitrogens with two attached hydrogens (primary N) is 1. The highest BCUT2D eigenvalue weighted by Crippen LogP contribution is 2.24. The molecule has 0 atom stereocenters. The van der Waals surface area contributed by atoms with Gasteiger partial charge in [0.25, 0.3) is 0 Å². The number of aromatic nitrogens is 1. The number of rotatable bonds is 3.